The summed E-state index contributed by atoms with van der Waals surface area (Å²) in [5.41, 5.74) is 0. The van der Waals surface area contributed by atoms with E-state index >= 15 is 0 Å². The van der Waals surface area contributed by atoms with Crippen molar-refractivity contribution < 1.29 is 9.84 Å². The van der Waals surface area contributed by atoms with Crippen LogP contribution in [0.3, 0.4) is 0 Å². The second kappa shape index (κ2) is 1.45. The van der Waals surface area contributed by atoms with Gasteiger partial charge in [0, 0.05) is 5.92 Å². The monoisotopic (exact) mass is 114 g/mol. The molecule has 1 saturated carbocycles. The third-order valence-corrected chi connectivity index (χ3v) is 2.32. The number of hydrogen-bond acceptors (Lipinski definition) is 2. The van der Waals surface area contributed by atoms with Crippen molar-refractivity contribution in [2.75, 3.05) is 6.61 Å². The van der Waals surface area contributed by atoms with Crippen molar-refractivity contribution in [1.82, 2.24) is 0 Å². The third-order valence-electron chi connectivity index (χ3n) is 2.32. The number of ether oxygens (including phenoxy) is 1. The van der Waals surface area contributed by atoms with Crippen LogP contribution in [0.4, 0.5) is 0 Å². The summed E-state index contributed by atoms with van der Waals surface area (Å²) in [6.07, 6.45) is 2.02. The highest BCUT2D eigenvalue weighted by Gasteiger charge is 2.42. The molecular formula is C6H10O2. The zero-order valence-corrected chi connectivity index (χ0v) is 4.71. The Bertz CT molecular complexity index is 96.7. The summed E-state index contributed by atoms with van der Waals surface area (Å²) in [4.78, 5) is 0. The summed E-state index contributed by atoms with van der Waals surface area (Å²) in [5.74, 6) is 1.19. The van der Waals surface area contributed by atoms with E-state index in [2.05, 4.69) is 0 Å². The molecule has 0 amide bonds. The second-order valence-electron chi connectivity index (χ2n) is 2.73. The zero-order valence-electron chi connectivity index (χ0n) is 4.71. The van der Waals surface area contributed by atoms with Crippen LogP contribution in [0.2, 0.25) is 0 Å². The molecule has 1 unspecified atom stereocenters. The highest BCUT2D eigenvalue weighted by atomic mass is 16.6. The lowest BCUT2D eigenvalue weighted by Gasteiger charge is -2.28. The molecule has 3 atom stereocenters. The molecule has 46 valence electrons. The van der Waals surface area contributed by atoms with E-state index < -0.39 is 6.29 Å². The van der Waals surface area contributed by atoms with Gasteiger partial charge in [0.1, 0.15) is 0 Å². The first-order chi connectivity index (χ1) is 3.88. The normalized spacial score (nSPS) is 52.9. The molecule has 2 nitrogen and oxygen atoms in total. The van der Waals surface area contributed by atoms with E-state index in [4.69, 9.17) is 9.84 Å². The van der Waals surface area contributed by atoms with E-state index in [9.17, 15) is 0 Å². The minimum Gasteiger partial charge on any atom is -0.368 e. The highest BCUT2D eigenvalue weighted by Crippen LogP contribution is 2.41. The summed E-state index contributed by atoms with van der Waals surface area (Å²) in [6, 6.07) is 0. The highest BCUT2D eigenvalue weighted by molar-refractivity contribution is 4.86. The van der Waals surface area contributed by atoms with Gasteiger partial charge in [0.2, 0.25) is 0 Å². The van der Waals surface area contributed by atoms with Crippen LogP contribution < -0.4 is 0 Å². The fourth-order valence-corrected chi connectivity index (χ4v) is 1.52. The lowest BCUT2D eigenvalue weighted by Crippen LogP contribution is -2.28. The van der Waals surface area contributed by atoms with Crippen LogP contribution in [-0.4, -0.2) is 18.0 Å². The van der Waals surface area contributed by atoms with Crippen molar-refractivity contribution in [2.45, 2.75) is 19.1 Å². The molecule has 2 aliphatic rings. The van der Waals surface area contributed by atoms with Crippen molar-refractivity contribution in [2.24, 2.45) is 11.8 Å². The van der Waals surface area contributed by atoms with E-state index in [0.717, 1.165) is 6.61 Å². The first-order valence-electron chi connectivity index (χ1n) is 3.17. The van der Waals surface area contributed by atoms with Crippen LogP contribution in [0.15, 0.2) is 0 Å². The van der Waals surface area contributed by atoms with Crippen molar-refractivity contribution in [3.63, 3.8) is 0 Å². The van der Waals surface area contributed by atoms with Crippen LogP contribution in [-0.2, 0) is 4.74 Å². The van der Waals surface area contributed by atoms with Crippen LogP contribution in [0, 0.1) is 11.8 Å². The Morgan fingerprint density at radius 3 is 2.50 bits per heavy atom. The molecule has 0 aromatic carbocycles. The fraction of sp³-hybridized carbons (Fsp3) is 1.00. The molecular weight excluding hydrogens is 104 g/mol. The van der Waals surface area contributed by atoms with E-state index in [1.54, 1.807) is 0 Å². The topological polar surface area (TPSA) is 29.5 Å². The van der Waals surface area contributed by atoms with Gasteiger partial charge < -0.3 is 9.84 Å². The maximum atomic E-state index is 9.00. The van der Waals surface area contributed by atoms with Crippen LogP contribution in [0.5, 0.6) is 0 Å². The standard InChI is InChI=1S/C6H10O2/c7-6-5-2-1-4(5)3-8-6/h4-7H,1-3H2/t4-,5-,6?/m1/s1. The molecule has 1 N–H and O–H groups in total. The average Bonchev–Trinajstić information content (AvgIpc) is 1.80. The lowest BCUT2D eigenvalue weighted by molar-refractivity contribution is -0.0872. The van der Waals surface area contributed by atoms with Crippen LogP contribution in [0.25, 0.3) is 0 Å². The largest absolute Gasteiger partial charge is 0.368 e. The predicted molar refractivity (Wildman–Crippen MR) is 28.2 cm³/mol. The van der Waals surface area contributed by atoms with Crippen molar-refractivity contribution in [3.05, 3.63) is 0 Å². The van der Waals surface area contributed by atoms with Gasteiger partial charge in [0.15, 0.2) is 6.29 Å². The van der Waals surface area contributed by atoms with Gasteiger partial charge in [-0.15, -0.1) is 0 Å². The SMILES string of the molecule is OC1OC[C@H]2CC[C@@H]12. The van der Waals surface area contributed by atoms with Gasteiger partial charge in [-0.1, -0.05) is 0 Å². The van der Waals surface area contributed by atoms with Gasteiger partial charge in [-0.3, -0.25) is 0 Å². The summed E-state index contributed by atoms with van der Waals surface area (Å²) in [6.45, 7) is 0.797. The van der Waals surface area contributed by atoms with Gasteiger partial charge in [-0.25, -0.2) is 0 Å². The molecule has 2 rings (SSSR count). The summed E-state index contributed by atoms with van der Waals surface area (Å²) < 4.78 is 5.00. The molecule has 8 heavy (non-hydrogen) atoms. The molecule has 0 spiro atoms. The van der Waals surface area contributed by atoms with Gasteiger partial charge in [0.25, 0.3) is 0 Å². The molecule has 1 aliphatic heterocycles. The molecule has 1 heterocycles. The summed E-state index contributed by atoms with van der Waals surface area (Å²) in [5, 5.41) is 9.00. The molecule has 0 bridgehead atoms. The Balaban J connectivity index is 2.05. The van der Waals surface area contributed by atoms with Crippen LogP contribution >= 0.6 is 0 Å². The van der Waals surface area contributed by atoms with Crippen molar-refractivity contribution in [1.29, 1.82) is 0 Å². The average molecular weight is 114 g/mol. The Morgan fingerprint density at radius 2 is 2.25 bits per heavy atom. The number of aliphatic hydroxyl groups is 1. The third kappa shape index (κ3) is 0.446. The predicted octanol–water partition coefficient (Wildman–Crippen LogP) is 0.361. The van der Waals surface area contributed by atoms with Crippen molar-refractivity contribution >= 4 is 0 Å². The zero-order chi connectivity index (χ0) is 5.56. The summed E-state index contributed by atoms with van der Waals surface area (Å²) >= 11 is 0. The summed E-state index contributed by atoms with van der Waals surface area (Å²) in [7, 11) is 0. The number of rotatable bonds is 0. The lowest BCUT2D eigenvalue weighted by atomic mass is 9.76. The molecule has 0 radical (unpaired) electrons. The van der Waals surface area contributed by atoms with Gasteiger partial charge >= 0.3 is 0 Å². The Morgan fingerprint density at radius 1 is 1.38 bits per heavy atom. The maximum Gasteiger partial charge on any atom is 0.157 e. The Labute approximate surface area is 48.5 Å². The van der Waals surface area contributed by atoms with Gasteiger partial charge in [0.05, 0.1) is 6.61 Å². The number of hydrogen-bond donors (Lipinski definition) is 1. The van der Waals surface area contributed by atoms with Gasteiger partial charge in [-0.2, -0.15) is 0 Å². The molecule has 0 aromatic rings. The second-order valence-corrected chi connectivity index (χ2v) is 2.73. The Kier molecular flexibility index (Phi) is 0.866. The molecule has 1 saturated heterocycles. The number of fused-ring (bicyclic) bond motifs is 1. The quantitative estimate of drug-likeness (QED) is 0.492. The fourth-order valence-electron chi connectivity index (χ4n) is 1.52. The van der Waals surface area contributed by atoms with E-state index in [1.807, 2.05) is 0 Å². The molecule has 2 heteroatoms. The minimum atomic E-state index is -0.422. The minimum absolute atomic E-state index is 0.422. The molecule has 0 aromatic heterocycles. The molecule has 1 aliphatic carbocycles. The van der Waals surface area contributed by atoms with Gasteiger partial charge in [-0.05, 0) is 18.8 Å². The van der Waals surface area contributed by atoms with Crippen LogP contribution in [0.1, 0.15) is 12.8 Å². The number of aliphatic hydroxyl groups excluding tert-OH is 1. The van der Waals surface area contributed by atoms with E-state index in [-0.39, 0.29) is 0 Å². The van der Waals surface area contributed by atoms with Crippen molar-refractivity contribution in [3.8, 4) is 0 Å². The van der Waals surface area contributed by atoms with E-state index in [1.165, 1.54) is 12.8 Å². The first kappa shape index (κ1) is 4.77. The maximum absolute atomic E-state index is 9.00. The molecule has 2 fully saturated rings. The Hall–Kier alpha value is -0.0800. The van der Waals surface area contributed by atoms with E-state index in [0.29, 0.717) is 11.8 Å². The smallest absolute Gasteiger partial charge is 0.157 e. The first-order valence-corrected chi connectivity index (χ1v) is 3.17.